The van der Waals surface area contributed by atoms with E-state index in [1.807, 2.05) is 0 Å². The first kappa shape index (κ1) is 77.3. The summed E-state index contributed by atoms with van der Waals surface area (Å²) in [5.74, 6) is -0.584. The number of aliphatic hydroxyl groups is 1. The quantitative estimate of drug-likeness (QED) is 0.0373. The first-order valence-electron chi connectivity index (χ1n) is 35.5. The molecule has 1 atom stereocenters. The third kappa shape index (κ3) is 67.8. The highest BCUT2D eigenvalue weighted by Gasteiger charge is 2.16. The molecule has 0 saturated heterocycles. The zero-order chi connectivity index (χ0) is 57.6. The molecular formula is C75H136O5. The van der Waals surface area contributed by atoms with Gasteiger partial charge in [-0.1, -0.05) is 350 Å². The Bertz CT molecular complexity index is 1400. The number of carbonyl (C=O) groups is 2. The van der Waals surface area contributed by atoms with Crippen LogP contribution in [-0.4, -0.2) is 36.4 Å². The van der Waals surface area contributed by atoms with Crippen molar-refractivity contribution in [1.82, 2.24) is 0 Å². The van der Waals surface area contributed by atoms with Crippen molar-refractivity contribution in [2.75, 3.05) is 13.2 Å². The Morgan fingerprint density at radius 1 is 0.300 bits per heavy atom. The molecule has 80 heavy (non-hydrogen) atoms. The number of ether oxygens (including phenoxy) is 2. The fourth-order valence-electron chi connectivity index (χ4n) is 10.7. The van der Waals surface area contributed by atoms with Crippen LogP contribution < -0.4 is 0 Å². The fraction of sp³-hybridized carbons (Fsp3) is 0.813. The Morgan fingerprint density at radius 2 is 0.537 bits per heavy atom. The summed E-state index contributed by atoms with van der Waals surface area (Å²) < 4.78 is 10.8. The van der Waals surface area contributed by atoms with Crippen LogP contribution in [0.2, 0.25) is 0 Å². The van der Waals surface area contributed by atoms with Crippen LogP contribution in [0.5, 0.6) is 0 Å². The third-order valence-corrected chi connectivity index (χ3v) is 16.0. The summed E-state index contributed by atoms with van der Waals surface area (Å²) in [6, 6.07) is 0. The number of hydrogen-bond acceptors (Lipinski definition) is 5. The molecule has 1 N–H and O–H groups in total. The Hall–Kier alpha value is -2.66. The van der Waals surface area contributed by atoms with E-state index in [0.29, 0.717) is 12.8 Å². The minimum Gasteiger partial charge on any atom is -0.462 e. The Kier molecular flexibility index (Phi) is 68.3. The molecule has 0 radical (unpaired) electrons. The number of allylic oxidation sites excluding steroid dienone is 12. The Balaban J connectivity index is 3.39. The van der Waals surface area contributed by atoms with Crippen LogP contribution >= 0.6 is 0 Å². The molecule has 0 aliphatic carbocycles. The second kappa shape index (κ2) is 70.6. The number of rotatable bonds is 66. The van der Waals surface area contributed by atoms with Crippen LogP contribution in [0.1, 0.15) is 373 Å². The van der Waals surface area contributed by atoms with E-state index < -0.39 is 6.10 Å². The van der Waals surface area contributed by atoms with Crippen molar-refractivity contribution in [2.45, 2.75) is 380 Å². The van der Waals surface area contributed by atoms with Crippen LogP contribution in [0.4, 0.5) is 0 Å². The van der Waals surface area contributed by atoms with Crippen molar-refractivity contribution in [1.29, 1.82) is 0 Å². The van der Waals surface area contributed by atoms with E-state index in [0.717, 1.165) is 70.6 Å². The lowest BCUT2D eigenvalue weighted by atomic mass is 10.0. The SMILES string of the molecule is CC/C=C\C/C=C\C/C=C\C/C=C\C/C=C\CCCCCCCCCCCC(=O)OC(CO)COC(=O)CCCCCCCCCCCCCCCCCCCCCCCCCCCCCCC/C=C\CCCCCCCCCC. The second-order valence-electron chi connectivity index (χ2n) is 23.9. The van der Waals surface area contributed by atoms with E-state index >= 15 is 0 Å². The lowest BCUT2D eigenvalue weighted by molar-refractivity contribution is -0.161. The molecule has 0 aliphatic heterocycles. The summed E-state index contributed by atoms with van der Waals surface area (Å²) >= 11 is 0. The third-order valence-electron chi connectivity index (χ3n) is 16.0. The average Bonchev–Trinajstić information content (AvgIpc) is 3.46. The largest absolute Gasteiger partial charge is 0.462 e. The first-order valence-corrected chi connectivity index (χ1v) is 35.5. The highest BCUT2D eigenvalue weighted by Crippen LogP contribution is 2.19. The minimum atomic E-state index is -0.779. The molecular weight excluding hydrogens is 981 g/mol. The number of aliphatic hydroxyl groups excluding tert-OH is 1. The van der Waals surface area contributed by atoms with E-state index in [-0.39, 0.29) is 25.2 Å². The van der Waals surface area contributed by atoms with Crippen LogP contribution in [0.3, 0.4) is 0 Å². The van der Waals surface area contributed by atoms with Crippen LogP contribution in [0.15, 0.2) is 72.9 Å². The highest BCUT2D eigenvalue weighted by atomic mass is 16.6. The maximum Gasteiger partial charge on any atom is 0.306 e. The van der Waals surface area contributed by atoms with Gasteiger partial charge in [-0.05, 0) is 83.5 Å². The van der Waals surface area contributed by atoms with Crippen molar-refractivity contribution in [2.24, 2.45) is 0 Å². The standard InChI is InChI=1S/C75H136O5/c1-3-5-7-9-11-13-15-17-19-21-23-25-27-29-30-31-32-33-34-35-36-37-38-39-40-41-42-43-44-46-47-49-51-53-55-57-59-61-63-65-67-69-74(77)79-72-73(71-76)80-75(78)70-68-66-64-62-60-58-56-54-52-50-48-45-28-26-24-22-20-18-16-14-12-10-8-6-4-2/h6,8,12,14,18,20-21,23-24,26,45,48,73,76H,3-5,7,9-11,13,15-17,19,22,25,27-44,46-47,49-72H2,1-2H3/b8-6-,14-12-,20-18-,23-21-,26-24-,48-45-. The molecule has 0 rings (SSSR count). The fourth-order valence-corrected chi connectivity index (χ4v) is 10.7. The number of hydrogen-bond donors (Lipinski definition) is 1. The topological polar surface area (TPSA) is 72.8 Å². The molecule has 0 spiro atoms. The van der Waals surface area contributed by atoms with Gasteiger partial charge in [0.25, 0.3) is 0 Å². The summed E-state index contributed by atoms with van der Waals surface area (Å²) in [5, 5.41) is 9.69. The zero-order valence-corrected chi connectivity index (χ0v) is 53.6. The van der Waals surface area contributed by atoms with Crippen molar-refractivity contribution in [3.63, 3.8) is 0 Å². The molecule has 1 unspecified atom stereocenters. The molecule has 0 saturated carbocycles. The Morgan fingerprint density at radius 3 is 0.825 bits per heavy atom. The second-order valence-corrected chi connectivity index (χ2v) is 23.9. The molecule has 0 aromatic heterocycles. The van der Waals surface area contributed by atoms with E-state index in [2.05, 4.69) is 86.8 Å². The van der Waals surface area contributed by atoms with Gasteiger partial charge >= 0.3 is 11.9 Å². The summed E-state index contributed by atoms with van der Waals surface area (Å²) in [4.78, 5) is 24.6. The normalized spacial score (nSPS) is 12.6. The molecule has 0 fully saturated rings. The summed E-state index contributed by atoms with van der Waals surface area (Å²) in [6.45, 7) is 4.06. The van der Waals surface area contributed by atoms with Gasteiger partial charge < -0.3 is 14.6 Å². The number of esters is 2. The van der Waals surface area contributed by atoms with Gasteiger partial charge in [-0.25, -0.2) is 0 Å². The molecule has 466 valence electrons. The highest BCUT2D eigenvalue weighted by molar-refractivity contribution is 5.70. The Labute approximate surface area is 499 Å². The smallest absolute Gasteiger partial charge is 0.306 e. The average molecular weight is 1120 g/mol. The molecule has 0 heterocycles. The maximum absolute atomic E-state index is 12.3. The number of carbonyl (C=O) groups excluding carboxylic acids is 2. The van der Waals surface area contributed by atoms with Gasteiger partial charge in [0.15, 0.2) is 6.10 Å². The summed E-state index contributed by atoms with van der Waals surface area (Å²) in [5.41, 5.74) is 0. The van der Waals surface area contributed by atoms with Crippen LogP contribution in [-0.2, 0) is 19.1 Å². The predicted molar refractivity (Wildman–Crippen MR) is 353 cm³/mol. The van der Waals surface area contributed by atoms with Gasteiger partial charge in [0, 0.05) is 12.8 Å². The van der Waals surface area contributed by atoms with Gasteiger partial charge in [-0.2, -0.15) is 0 Å². The van der Waals surface area contributed by atoms with E-state index in [4.69, 9.17) is 9.47 Å². The summed E-state index contributed by atoms with van der Waals surface area (Å²) in [7, 11) is 0. The molecule has 0 bridgehead atoms. The van der Waals surface area contributed by atoms with Crippen molar-refractivity contribution >= 4 is 11.9 Å². The zero-order valence-electron chi connectivity index (χ0n) is 53.6. The molecule has 0 aromatic rings. The molecule has 0 aliphatic rings. The van der Waals surface area contributed by atoms with Crippen molar-refractivity contribution < 1.29 is 24.2 Å². The van der Waals surface area contributed by atoms with Gasteiger partial charge in [0.05, 0.1) is 6.61 Å². The lowest BCUT2D eigenvalue weighted by Gasteiger charge is -2.15. The van der Waals surface area contributed by atoms with E-state index in [9.17, 15) is 14.7 Å². The van der Waals surface area contributed by atoms with Crippen LogP contribution in [0.25, 0.3) is 0 Å². The number of unbranched alkanes of at least 4 members (excludes halogenated alkanes) is 46. The van der Waals surface area contributed by atoms with Crippen molar-refractivity contribution in [3.8, 4) is 0 Å². The van der Waals surface area contributed by atoms with E-state index in [1.54, 1.807) is 0 Å². The van der Waals surface area contributed by atoms with Crippen LogP contribution in [0, 0.1) is 0 Å². The van der Waals surface area contributed by atoms with Gasteiger partial charge in [0.1, 0.15) is 6.61 Å². The molecule has 5 heteroatoms. The first-order chi connectivity index (χ1) is 39.6. The monoisotopic (exact) mass is 1120 g/mol. The minimum absolute atomic E-state index is 0.0671. The maximum atomic E-state index is 12.3. The lowest BCUT2D eigenvalue weighted by Crippen LogP contribution is -2.28. The van der Waals surface area contributed by atoms with Crippen molar-refractivity contribution in [3.05, 3.63) is 72.9 Å². The predicted octanol–water partition coefficient (Wildman–Crippen LogP) is 24.7. The van der Waals surface area contributed by atoms with Gasteiger partial charge in [-0.3, -0.25) is 9.59 Å². The molecule has 0 aromatic carbocycles. The van der Waals surface area contributed by atoms with E-state index in [1.165, 1.54) is 276 Å². The van der Waals surface area contributed by atoms with Gasteiger partial charge in [0.2, 0.25) is 0 Å². The molecule has 0 amide bonds. The van der Waals surface area contributed by atoms with Gasteiger partial charge in [-0.15, -0.1) is 0 Å². The summed E-state index contributed by atoms with van der Waals surface area (Å²) in [6.07, 6.45) is 98.1. The molecule has 5 nitrogen and oxygen atoms in total.